The van der Waals surface area contributed by atoms with E-state index in [9.17, 15) is 8.42 Å². The smallest absolute Gasteiger partial charge is 0.252 e. The first kappa shape index (κ1) is 15.4. The highest BCUT2D eigenvalue weighted by molar-refractivity contribution is 7.91. The van der Waals surface area contributed by atoms with E-state index < -0.39 is 10.0 Å². The van der Waals surface area contributed by atoms with Gasteiger partial charge in [0, 0.05) is 43.6 Å². The lowest BCUT2D eigenvalue weighted by molar-refractivity contribution is 0.222. The lowest BCUT2D eigenvalue weighted by Crippen LogP contribution is -2.46. The zero-order valence-corrected chi connectivity index (χ0v) is 14.0. The molecule has 0 amide bonds. The fourth-order valence-electron chi connectivity index (χ4n) is 2.47. The van der Waals surface area contributed by atoms with E-state index in [-0.39, 0.29) is 0 Å². The normalized spacial score (nSPS) is 21.8. The summed E-state index contributed by atoms with van der Waals surface area (Å²) >= 11 is 1.42. The molecule has 2 heterocycles. The largest absolute Gasteiger partial charge is 0.314 e. The summed E-state index contributed by atoms with van der Waals surface area (Å²) in [7, 11) is -1.26. The van der Waals surface area contributed by atoms with Crippen molar-refractivity contribution in [3.05, 3.63) is 17.0 Å². The number of piperazine rings is 1. The third-order valence-corrected chi connectivity index (χ3v) is 7.59. The maximum Gasteiger partial charge on any atom is 0.252 e. The Morgan fingerprint density at radius 3 is 2.62 bits per heavy atom. The minimum absolute atomic E-state index is 0.494. The molecule has 21 heavy (non-hydrogen) atoms. The fraction of sp³-hybridized carbons (Fsp3) is 0.714. The number of nitrogens with one attached hydrogen (secondary N) is 1. The molecule has 0 spiro atoms. The molecule has 7 heteroatoms. The first-order chi connectivity index (χ1) is 10.1. The third kappa shape index (κ3) is 3.84. The molecule has 3 rings (SSSR count). The maximum absolute atomic E-state index is 12.6. The Hall–Kier alpha value is -0.470. The van der Waals surface area contributed by atoms with Gasteiger partial charge in [-0.25, -0.2) is 8.42 Å². The van der Waals surface area contributed by atoms with E-state index in [2.05, 4.69) is 10.2 Å². The molecule has 0 radical (unpaired) electrons. The van der Waals surface area contributed by atoms with Gasteiger partial charge in [0.15, 0.2) is 0 Å². The Morgan fingerprint density at radius 2 is 1.95 bits per heavy atom. The maximum atomic E-state index is 12.6. The van der Waals surface area contributed by atoms with Crippen molar-refractivity contribution in [2.45, 2.75) is 29.5 Å². The van der Waals surface area contributed by atoms with Crippen molar-refractivity contribution in [1.29, 1.82) is 0 Å². The molecule has 1 aliphatic carbocycles. The van der Waals surface area contributed by atoms with Crippen LogP contribution >= 0.6 is 11.3 Å². The summed E-state index contributed by atoms with van der Waals surface area (Å²) in [5.41, 5.74) is 0. The van der Waals surface area contributed by atoms with E-state index in [4.69, 9.17) is 0 Å². The van der Waals surface area contributed by atoms with Gasteiger partial charge in [0.2, 0.25) is 0 Å². The van der Waals surface area contributed by atoms with Crippen LogP contribution in [0, 0.1) is 0 Å². The van der Waals surface area contributed by atoms with E-state index >= 15 is 0 Å². The molecule has 5 nitrogen and oxygen atoms in total. The third-order valence-electron chi connectivity index (χ3n) is 4.08. The zero-order valence-electron chi connectivity index (χ0n) is 12.4. The van der Waals surface area contributed by atoms with Gasteiger partial charge in [0.05, 0.1) is 0 Å². The summed E-state index contributed by atoms with van der Waals surface area (Å²) in [5, 5.41) is 3.46. The molecule has 1 aromatic heterocycles. The average molecular weight is 329 g/mol. The van der Waals surface area contributed by atoms with Gasteiger partial charge in [0.1, 0.15) is 4.21 Å². The van der Waals surface area contributed by atoms with Gasteiger partial charge in [-0.1, -0.05) is 0 Å². The Morgan fingerprint density at radius 1 is 1.24 bits per heavy atom. The molecule has 1 N–H and O–H groups in total. The van der Waals surface area contributed by atoms with Crippen molar-refractivity contribution in [2.24, 2.45) is 0 Å². The zero-order chi connectivity index (χ0) is 14.9. The molecule has 0 atom stereocenters. The average Bonchev–Trinajstić information content (AvgIpc) is 3.15. The number of thiophene rings is 1. The quantitative estimate of drug-likeness (QED) is 0.845. The van der Waals surface area contributed by atoms with Crippen LogP contribution in [0.25, 0.3) is 0 Å². The molecule has 0 bridgehead atoms. The van der Waals surface area contributed by atoms with Crippen molar-refractivity contribution in [3.8, 4) is 0 Å². The molecule has 1 aromatic rings. The van der Waals surface area contributed by atoms with Crippen molar-refractivity contribution in [2.75, 3.05) is 39.8 Å². The van der Waals surface area contributed by atoms with Crippen molar-refractivity contribution in [3.63, 3.8) is 0 Å². The van der Waals surface area contributed by atoms with Gasteiger partial charge in [0.25, 0.3) is 10.0 Å². The summed E-state index contributed by atoms with van der Waals surface area (Å²) in [4.78, 5) is 3.31. The fourth-order valence-corrected chi connectivity index (χ4v) is 5.41. The molecule has 2 aliphatic rings. The van der Waals surface area contributed by atoms with Crippen LogP contribution in [0.2, 0.25) is 0 Å². The van der Waals surface area contributed by atoms with E-state index in [1.165, 1.54) is 24.2 Å². The number of nitrogens with zero attached hydrogens (tertiary/aromatic N) is 2. The molecule has 2 fully saturated rings. The summed E-state index contributed by atoms with van der Waals surface area (Å²) < 4.78 is 27.3. The predicted octanol–water partition coefficient (Wildman–Crippen LogP) is 0.979. The van der Waals surface area contributed by atoms with Crippen LogP contribution < -0.4 is 5.32 Å². The molecular weight excluding hydrogens is 306 g/mol. The Balaban J connectivity index is 1.60. The van der Waals surface area contributed by atoms with Gasteiger partial charge in [-0.3, -0.25) is 0 Å². The predicted molar refractivity (Wildman–Crippen MR) is 85.3 cm³/mol. The van der Waals surface area contributed by atoms with Gasteiger partial charge in [-0.15, -0.1) is 11.3 Å². The highest BCUT2D eigenvalue weighted by Crippen LogP contribution is 2.26. The number of likely N-dealkylation sites (N-methyl/N-ethyl adjacent to an activating group) is 1. The van der Waals surface area contributed by atoms with Crippen LogP contribution in [-0.4, -0.2) is 63.4 Å². The van der Waals surface area contributed by atoms with Crippen LogP contribution in [0.4, 0.5) is 0 Å². The van der Waals surface area contributed by atoms with E-state index in [1.54, 1.807) is 10.4 Å². The topological polar surface area (TPSA) is 52.7 Å². The van der Waals surface area contributed by atoms with Gasteiger partial charge in [-0.2, -0.15) is 4.31 Å². The van der Waals surface area contributed by atoms with E-state index in [0.29, 0.717) is 23.3 Å². The van der Waals surface area contributed by atoms with Crippen LogP contribution in [0.5, 0.6) is 0 Å². The van der Waals surface area contributed by atoms with E-state index in [0.717, 1.165) is 30.9 Å². The number of hydrogen-bond acceptors (Lipinski definition) is 5. The minimum atomic E-state index is -3.29. The summed E-state index contributed by atoms with van der Waals surface area (Å²) in [6.07, 6.45) is 3.49. The van der Waals surface area contributed by atoms with Crippen LogP contribution in [-0.2, 0) is 16.4 Å². The SMILES string of the molecule is CN1CCN(S(=O)(=O)c2ccc(CCNC3CC3)s2)CC1. The summed E-state index contributed by atoms with van der Waals surface area (Å²) in [6.45, 7) is 3.75. The molecule has 1 aliphatic heterocycles. The molecule has 1 saturated carbocycles. The highest BCUT2D eigenvalue weighted by Gasteiger charge is 2.28. The molecule has 118 valence electrons. The van der Waals surface area contributed by atoms with Crippen LogP contribution in [0.15, 0.2) is 16.3 Å². The van der Waals surface area contributed by atoms with Crippen LogP contribution in [0.3, 0.4) is 0 Å². The lowest BCUT2D eigenvalue weighted by atomic mass is 10.3. The molecule has 0 unspecified atom stereocenters. The number of hydrogen-bond donors (Lipinski definition) is 1. The molecule has 0 aromatic carbocycles. The highest BCUT2D eigenvalue weighted by atomic mass is 32.2. The first-order valence-corrected chi connectivity index (χ1v) is 9.82. The van der Waals surface area contributed by atoms with Gasteiger partial charge in [-0.05, 0) is 38.4 Å². The number of sulfonamides is 1. The number of rotatable bonds is 6. The Labute approximate surface area is 131 Å². The van der Waals surface area contributed by atoms with Crippen molar-refractivity contribution < 1.29 is 8.42 Å². The monoisotopic (exact) mass is 329 g/mol. The Bertz CT molecular complexity index is 573. The van der Waals surface area contributed by atoms with Crippen molar-refractivity contribution in [1.82, 2.24) is 14.5 Å². The van der Waals surface area contributed by atoms with Crippen LogP contribution in [0.1, 0.15) is 17.7 Å². The summed E-state index contributed by atoms with van der Waals surface area (Å²) in [6, 6.07) is 4.44. The van der Waals surface area contributed by atoms with Gasteiger partial charge >= 0.3 is 0 Å². The second-order valence-electron chi connectivity index (χ2n) is 5.91. The van der Waals surface area contributed by atoms with Gasteiger partial charge < -0.3 is 10.2 Å². The second-order valence-corrected chi connectivity index (χ2v) is 9.24. The first-order valence-electron chi connectivity index (χ1n) is 7.56. The Kier molecular flexibility index (Phi) is 4.66. The van der Waals surface area contributed by atoms with Crippen molar-refractivity contribution >= 4 is 21.4 Å². The minimum Gasteiger partial charge on any atom is -0.314 e. The summed E-state index contributed by atoms with van der Waals surface area (Å²) in [5.74, 6) is 0. The standard InChI is InChI=1S/C14H23N3O2S2/c1-16-8-10-17(11-9-16)21(18,19)14-5-4-13(20-14)6-7-15-12-2-3-12/h4-5,12,15H,2-3,6-11H2,1H3. The molecular formula is C14H23N3O2S2. The molecule has 1 saturated heterocycles. The lowest BCUT2D eigenvalue weighted by Gasteiger charge is -2.31. The second kappa shape index (κ2) is 6.34. The van der Waals surface area contributed by atoms with E-state index in [1.807, 2.05) is 13.1 Å².